The molecule has 7 nitrogen and oxygen atoms in total. The highest BCUT2D eigenvalue weighted by atomic mass is 16.5. The third-order valence-corrected chi connectivity index (χ3v) is 4.91. The number of rotatable bonds is 6. The van der Waals surface area contributed by atoms with Gasteiger partial charge in [-0.05, 0) is 24.3 Å². The number of pyridine rings is 1. The van der Waals surface area contributed by atoms with Gasteiger partial charge >= 0.3 is 0 Å². The Bertz CT molecular complexity index is 990. The second-order valence-corrected chi connectivity index (χ2v) is 6.64. The van der Waals surface area contributed by atoms with Crippen LogP contribution in [0.5, 0.6) is 5.75 Å². The lowest BCUT2D eigenvalue weighted by molar-refractivity contribution is 0.181. The molecule has 0 aliphatic carbocycles. The van der Waals surface area contributed by atoms with Crippen LogP contribution >= 0.6 is 0 Å². The highest BCUT2D eigenvalue weighted by Crippen LogP contribution is 2.22. The van der Waals surface area contributed by atoms with Crippen LogP contribution in [0.4, 0.5) is 0 Å². The van der Waals surface area contributed by atoms with Gasteiger partial charge in [0.25, 0.3) is 5.56 Å². The van der Waals surface area contributed by atoms with E-state index in [1.807, 2.05) is 36.4 Å². The van der Waals surface area contributed by atoms with Crippen LogP contribution in [0.2, 0.25) is 0 Å². The Morgan fingerprint density at radius 3 is 2.79 bits per heavy atom. The number of aromatic nitrogens is 3. The first-order valence-electron chi connectivity index (χ1n) is 9.19. The van der Waals surface area contributed by atoms with Gasteiger partial charge in [-0.15, -0.1) is 0 Å². The molecule has 3 heterocycles. The summed E-state index contributed by atoms with van der Waals surface area (Å²) in [4.78, 5) is 16.5. The van der Waals surface area contributed by atoms with Crippen LogP contribution in [-0.2, 0) is 11.3 Å². The predicted octanol–water partition coefficient (Wildman–Crippen LogP) is 2.04. The number of para-hydroxylation sites is 1. The van der Waals surface area contributed by atoms with Gasteiger partial charge in [0.1, 0.15) is 5.75 Å². The first-order chi connectivity index (χ1) is 13.8. The van der Waals surface area contributed by atoms with Crippen LogP contribution < -0.4 is 15.6 Å². The van der Waals surface area contributed by atoms with Gasteiger partial charge in [0.2, 0.25) is 0 Å². The van der Waals surface area contributed by atoms with E-state index in [0.29, 0.717) is 19.8 Å². The fraction of sp³-hybridized carbons (Fsp3) is 0.286. The Labute approximate surface area is 163 Å². The summed E-state index contributed by atoms with van der Waals surface area (Å²) in [6.45, 7) is 1.58. The summed E-state index contributed by atoms with van der Waals surface area (Å²) in [5.41, 5.74) is 2.57. The highest BCUT2D eigenvalue weighted by Gasteiger charge is 2.31. The summed E-state index contributed by atoms with van der Waals surface area (Å²) in [6, 6.07) is 14.7. The number of nitrogens with one attached hydrogen (secondary N) is 1. The van der Waals surface area contributed by atoms with Crippen molar-refractivity contribution in [1.29, 1.82) is 0 Å². The molecule has 1 aromatic carbocycles. The number of nitrogens with zero attached hydrogens (tertiary/aromatic N) is 3. The minimum atomic E-state index is -0.177. The average Bonchev–Trinajstić information content (AvgIpc) is 3.22. The smallest absolute Gasteiger partial charge is 0.267 e. The van der Waals surface area contributed by atoms with E-state index in [0.717, 1.165) is 22.6 Å². The van der Waals surface area contributed by atoms with Gasteiger partial charge in [0.15, 0.2) is 0 Å². The van der Waals surface area contributed by atoms with Gasteiger partial charge in [-0.1, -0.05) is 18.2 Å². The number of hydrogen-bond acceptors (Lipinski definition) is 6. The molecule has 144 valence electrons. The van der Waals surface area contributed by atoms with E-state index < -0.39 is 0 Å². The first kappa shape index (κ1) is 18.3. The number of benzene rings is 1. The van der Waals surface area contributed by atoms with E-state index in [9.17, 15) is 4.79 Å². The normalized spacial score (nSPS) is 18.9. The third kappa shape index (κ3) is 3.81. The van der Waals surface area contributed by atoms with Crippen molar-refractivity contribution in [2.24, 2.45) is 0 Å². The van der Waals surface area contributed by atoms with Crippen molar-refractivity contribution in [3.8, 4) is 17.0 Å². The molecule has 2 atom stereocenters. The van der Waals surface area contributed by atoms with E-state index in [-0.39, 0.29) is 17.6 Å². The molecule has 0 saturated carbocycles. The van der Waals surface area contributed by atoms with Crippen molar-refractivity contribution in [3.63, 3.8) is 0 Å². The molecule has 1 aliphatic heterocycles. The summed E-state index contributed by atoms with van der Waals surface area (Å²) < 4.78 is 12.6. The summed E-state index contributed by atoms with van der Waals surface area (Å²) in [5.74, 6) is 0.834. The molecule has 7 heteroatoms. The maximum Gasteiger partial charge on any atom is 0.267 e. The van der Waals surface area contributed by atoms with Crippen LogP contribution in [0.3, 0.4) is 0 Å². The molecule has 0 spiro atoms. The van der Waals surface area contributed by atoms with Crippen LogP contribution in [-0.4, -0.2) is 41.1 Å². The average molecular weight is 378 g/mol. The molecule has 28 heavy (non-hydrogen) atoms. The Hall–Kier alpha value is -3.03. The molecule has 1 saturated heterocycles. The zero-order valence-corrected chi connectivity index (χ0v) is 15.6. The Morgan fingerprint density at radius 1 is 1.14 bits per heavy atom. The topological polar surface area (TPSA) is 78.3 Å². The molecule has 2 unspecified atom stereocenters. The Kier molecular flexibility index (Phi) is 5.45. The molecule has 0 radical (unpaired) electrons. The fourth-order valence-corrected chi connectivity index (χ4v) is 3.41. The zero-order valence-electron chi connectivity index (χ0n) is 15.6. The van der Waals surface area contributed by atoms with Crippen molar-refractivity contribution >= 4 is 0 Å². The molecule has 0 bridgehead atoms. The summed E-state index contributed by atoms with van der Waals surface area (Å²) >= 11 is 0. The largest absolute Gasteiger partial charge is 0.496 e. The van der Waals surface area contributed by atoms with Crippen molar-refractivity contribution < 1.29 is 9.47 Å². The molecular weight excluding hydrogens is 356 g/mol. The lowest BCUT2D eigenvalue weighted by Gasteiger charge is -2.21. The summed E-state index contributed by atoms with van der Waals surface area (Å²) in [5, 5.41) is 8.09. The van der Waals surface area contributed by atoms with Gasteiger partial charge in [0, 0.05) is 36.1 Å². The Morgan fingerprint density at radius 2 is 1.96 bits per heavy atom. The van der Waals surface area contributed by atoms with E-state index in [4.69, 9.17) is 9.47 Å². The van der Waals surface area contributed by atoms with Crippen LogP contribution in [0.15, 0.2) is 65.7 Å². The fourth-order valence-electron chi connectivity index (χ4n) is 3.41. The van der Waals surface area contributed by atoms with Crippen molar-refractivity contribution in [1.82, 2.24) is 20.1 Å². The first-order valence-corrected chi connectivity index (χ1v) is 9.19. The number of hydrogen-bond donors (Lipinski definition) is 1. The molecule has 1 aliphatic rings. The van der Waals surface area contributed by atoms with Gasteiger partial charge in [-0.3, -0.25) is 9.78 Å². The van der Waals surface area contributed by atoms with Gasteiger partial charge in [-0.25, -0.2) is 4.68 Å². The standard InChI is InChI=1S/C21H22N4O3/c1-27-20-5-3-2-4-16(20)12-23-18-13-28-14-19(18)25-21(26)7-6-17(24-25)15-8-10-22-11-9-15/h2-11,18-19,23H,12-14H2,1H3. The van der Waals surface area contributed by atoms with E-state index in [1.165, 1.54) is 4.68 Å². The minimum absolute atomic E-state index is 0.0252. The SMILES string of the molecule is COc1ccccc1CNC1COCC1n1nc(-c2ccncc2)ccc1=O. The van der Waals surface area contributed by atoms with E-state index in [2.05, 4.69) is 15.4 Å². The van der Waals surface area contributed by atoms with Crippen molar-refractivity contribution in [2.75, 3.05) is 20.3 Å². The lowest BCUT2D eigenvalue weighted by atomic mass is 10.1. The summed E-state index contributed by atoms with van der Waals surface area (Å²) in [7, 11) is 1.66. The monoisotopic (exact) mass is 378 g/mol. The van der Waals surface area contributed by atoms with Gasteiger partial charge in [0.05, 0.1) is 38.1 Å². The molecule has 1 fully saturated rings. The van der Waals surface area contributed by atoms with E-state index in [1.54, 1.807) is 31.6 Å². The maximum atomic E-state index is 12.5. The van der Waals surface area contributed by atoms with Crippen molar-refractivity contribution in [2.45, 2.75) is 18.6 Å². The lowest BCUT2D eigenvalue weighted by Crippen LogP contribution is -2.41. The molecule has 3 aromatic rings. The second kappa shape index (κ2) is 8.33. The third-order valence-electron chi connectivity index (χ3n) is 4.91. The van der Waals surface area contributed by atoms with Crippen LogP contribution in [0, 0.1) is 0 Å². The van der Waals surface area contributed by atoms with Crippen LogP contribution in [0.25, 0.3) is 11.3 Å². The minimum Gasteiger partial charge on any atom is -0.496 e. The molecular formula is C21H22N4O3. The van der Waals surface area contributed by atoms with E-state index >= 15 is 0 Å². The molecule has 2 aromatic heterocycles. The maximum absolute atomic E-state index is 12.5. The molecule has 0 amide bonds. The Balaban J connectivity index is 1.56. The zero-order chi connectivity index (χ0) is 19.3. The molecule has 4 rings (SSSR count). The van der Waals surface area contributed by atoms with Crippen molar-refractivity contribution in [3.05, 3.63) is 76.8 Å². The van der Waals surface area contributed by atoms with Gasteiger partial charge in [-0.2, -0.15) is 5.10 Å². The number of ether oxygens (including phenoxy) is 2. The molecule has 1 N–H and O–H groups in total. The predicted molar refractivity (Wildman–Crippen MR) is 105 cm³/mol. The summed E-state index contributed by atoms with van der Waals surface area (Å²) in [6.07, 6.45) is 3.42. The van der Waals surface area contributed by atoms with Crippen LogP contribution in [0.1, 0.15) is 11.6 Å². The number of methoxy groups -OCH3 is 1. The van der Waals surface area contributed by atoms with Gasteiger partial charge < -0.3 is 14.8 Å². The quantitative estimate of drug-likeness (QED) is 0.707. The highest BCUT2D eigenvalue weighted by molar-refractivity contribution is 5.57. The second-order valence-electron chi connectivity index (χ2n) is 6.64.